The molecule has 3 nitrogen and oxygen atoms in total. The van der Waals surface area contributed by atoms with Crippen LogP contribution in [0.15, 0.2) is 12.5 Å². The number of hydrogen-bond donors (Lipinski definition) is 1. The molecule has 0 spiro atoms. The Morgan fingerprint density at radius 1 is 1.35 bits per heavy atom. The maximum Gasteiger partial charge on any atom is 0.0951 e. The Morgan fingerprint density at radius 2 is 2.29 bits per heavy atom. The number of imidazole rings is 1. The molecule has 0 bridgehead atoms. The summed E-state index contributed by atoms with van der Waals surface area (Å²) in [6, 6.07) is 1.21. The van der Waals surface area contributed by atoms with Gasteiger partial charge >= 0.3 is 0 Å². The van der Waals surface area contributed by atoms with E-state index in [1.54, 1.807) is 0 Å². The van der Waals surface area contributed by atoms with Crippen molar-refractivity contribution in [2.45, 2.75) is 49.4 Å². The highest BCUT2D eigenvalue weighted by Gasteiger charge is 2.31. The van der Waals surface area contributed by atoms with E-state index in [2.05, 4.69) is 33.6 Å². The molecule has 1 aromatic heterocycles. The van der Waals surface area contributed by atoms with Crippen molar-refractivity contribution >= 4 is 11.8 Å². The number of nitrogens with zero attached hydrogens (tertiary/aromatic N) is 2. The second kappa shape index (κ2) is 5.02. The monoisotopic (exact) mass is 251 g/mol. The van der Waals surface area contributed by atoms with Crippen molar-refractivity contribution in [2.75, 3.05) is 12.8 Å². The van der Waals surface area contributed by atoms with Gasteiger partial charge in [-0.1, -0.05) is 6.42 Å². The average Bonchev–Trinajstić information content (AvgIpc) is 3.09. The van der Waals surface area contributed by atoms with Crippen molar-refractivity contribution in [1.29, 1.82) is 0 Å². The molecule has 0 amide bonds. The minimum Gasteiger partial charge on any atom is -0.329 e. The van der Waals surface area contributed by atoms with E-state index in [4.69, 9.17) is 0 Å². The molecule has 3 atom stereocenters. The Hall–Kier alpha value is -0.480. The van der Waals surface area contributed by atoms with Gasteiger partial charge in [0.1, 0.15) is 0 Å². The van der Waals surface area contributed by atoms with Gasteiger partial charge in [-0.15, -0.1) is 0 Å². The van der Waals surface area contributed by atoms with Gasteiger partial charge in [-0.05, 0) is 38.5 Å². The molecule has 2 aliphatic rings. The van der Waals surface area contributed by atoms with E-state index in [0.717, 1.165) is 11.8 Å². The van der Waals surface area contributed by atoms with E-state index in [9.17, 15) is 0 Å². The number of rotatable bonds is 3. The van der Waals surface area contributed by atoms with Crippen molar-refractivity contribution in [3.63, 3.8) is 0 Å². The topological polar surface area (TPSA) is 29.9 Å². The zero-order chi connectivity index (χ0) is 11.7. The summed E-state index contributed by atoms with van der Waals surface area (Å²) in [7, 11) is 0. The van der Waals surface area contributed by atoms with Gasteiger partial charge in [0.05, 0.1) is 12.0 Å². The van der Waals surface area contributed by atoms with Crippen LogP contribution in [0.2, 0.25) is 0 Å². The van der Waals surface area contributed by atoms with Gasteiger partial charge < -0.3 is 9.88 Å². The average molecular weight is 251 g/mol. The molecule has 17 heavy (non-hydrogen) atoms. The number of aromatic nitrogens is 2. The smallest absolute Gasteiger partial charge is 0.0951 e. The molecule has 2 unspecified atom stereocenters. The fourth-order valence-corrected chi connectivity index (χ4v) is 4.28. The van der Waals surface area contributed by atoms with Crippen molar-refractivity contribution in [1.82, 2.24) is 14.9 Å². The van der Waals surface area contributed by atoms with Crippen molar-refractivity contribution < 1.29 is 0 Å². The van der Waals surface area contributed by atoms with Crippen LogP contribution >= 0.6 is 11.8 Å². The van der Waals surface area contributed by atoms with Gasteiger partial charge in [-0.3, -0.25) is 0 Å². The van der Waals surface area contributed by atoms with E-state index < -0.39 is 0 Å². The standard InChI is InChI=1S/C13H21N3S/c1-17-13-6-2-5-11(13)16-9-14-8-12(16)10-4-3-7-15-10/h8-11,13,15H,2-7H2,1H3/t10-,11?,13?/m0/s1. The van der Waals surface area contributed by atoms with Gasteiger partial charge in [-0.25, -0.2) is 4.98 Å². The molecule has 94 valence electrons. The molecule has 4 heteroatoms. The first-order valence-corrected chi connectivity index (χ1v) is 7.97. The van der Waals surface area contributed by atoms with Crippen LogP contribution in [0.1, 0.15) is 49.9 Å². The molecule has 1 N–H and O–H groups in total. The molecule has 0 radical (unpaired) electrons. The van der Waals surface area contributed by atoms with E-state index in [1.165, 1.54) is 37.8 Å². The highest BCUT2D eigenvalue weighted by atomic mass is 32.2. The van der Waals surface area contributed by atoms with Crippen LogP contribution in [-0.2, 0) is 0 Å². The highest BCUT2D eigenvalue weighted by Crippen LogP contribution is 2.39. The minimum atomic E-state index is 0.542. The fourth-order valence-electron chi connectivity index (χ4n) is 3.30. The highest BCUT2D eigenvalue weighted by molar-refractivity contribution is 7.99. The number of thioether (sulfide) groups is 1. The maximum absolute atomic E-state index is 4.39. The van der Waals surface area contributed by atoms with Crippen LogP contribution < -0.4 is 5.32 Å². The van der Waals surface area contributed by atoms with Crippen LogP contribution in [0.3, 0.4) is 0 Å². The quantitative estimate of drug-likeness (QED) is 0.896. The second-order valence-corrected chi connectivity index (χ2v) is 6.22. The molecule has 1 aliphatic carbocycles. The van der Waals surface area contributed by atoms with E-state index >= 15 is 0 Å². The summed E-state index contributed by atoms with van der Waals surface area (Å²) in [5.74, 6) is 0. The zero-order valence-corrected chi connectivity index (χ0v) is 11.2. The summed E-state index contributed by atoms with van der Waals surface area (Å²) in [6.07, 6.45) is 13.0. The van der Waals surface area contributed by atoms with Crippen LogP contribution in [-0.4, -0.2) is 27.6 Å². The molecular formula is C13H21N3S. The molecule has 1 aliphatic heterocycles. The first kappa shape index (κ1) is 11.6. The SMILES string of the molecule is CSC1CCCC1n1cncc1[C@@H]1CCCN1. The normalized spacial score (nSPS) is 33.4. The first-order valence-electron chi connectivity index (χ1n) is 6.68. The molecular weight excluding hydrogens is 230 g/mol. The zero-order valence-electron chi connectivity index (χ0n) is 10.4. The molecule has 2 heterocycles. The fraction of sp³-hybridized carbons (Fsp3) is 0.769. The molecule has 1 aromatic rings. The van der Waals surface area contributed by atoms with Crippen LogP contribution in [0.25, 0.3) is 0 Å². The van der Waals surface area contributed by atoms with Crippen LogP contribution in [0.4, 0.5) is 0 Å². The predicted octanol–water partition coefficient (Wildman–Crippen LogP) is 2.76. The molecule has 0 aromatic carbocycles. The van der Waals surface area contributed by atoms with E-state index in [-0.39, 0.29) is 0 Å². The second-order valence-electron chi connectivity index (χ2n) is 5.15. The Morgan fingerprint density at radius 3 is 3.06 bits per heavy atom. The largest absolute Gasteiger partial charge is 0.329 e. The summed E-state index contributed by atoms with van der Waals surface area (Å²) in [6.45, 7) is 1.16. The molecule has 3 rings (SSSR count). The Bertz CT molecular complexity index is 370. The Labute approximate surface area is 107 Å². The van der Waals surface area contributed by atoms with E-state index in [0.29, 0.717) is 12.1 Å². The van der Waals surface area contributed by atoms with Crippen molar-refractivity contribution in [3.05, 3.63) is 18.2 Å². The lowest BCUT2D eigenvalue weighted by atomic mass is 10.1. The molecule has 1 saturated carbocycles. The predicted molar refractivity (Wildman–Crippen MR) is 72.4 cm³/mol. The van der Waals surface area contributed by atoms with Crippen LogP contribution in [0, 0.1) is 0 Å². The third kappa shape index (κ3) is 2.13. The summed E-state index contributed by atoms with van der Waals surface area (Å²) >= 11 is 2.02. The lowest BCUT2D eigenvalue weighted by molar-refractivity contribution is 0.478. The van der Waals surface area contributed by atoms with E-state index in [1.807, 2.05) is 11.8 Å². The lowest BCUT2D eigenvalue weighted by Gasteiger charge is -2.23. The minimum absolute atomic E-state index is 0.542. The summed E-state index contributed by atoms with van der Waals surface area (Å²) in [5.41, 5.74) is 1.41. The van der Waals surface area contributed by atoms with Crippen molar-refractivity contribution in [2.24, 2.45) is 0 Å². The third-order valence-electron chi connectivity index (χ3n) is 4.19. The lowest BCUT2D eigenvalue weighted by Crippen LogP contribution is -2.22. The molecule has 2 fully saturated rings. The summed E-state index contributed by atoms with van der Waals surface area (Å²) in [5, 5.41) is 4.37. The summed E-state index contributed by atoms with van der Waals surface area (Å²) < 4.78 is 2.46. The van der Waals surface area contributed by atoms with Gasteiger partial charge in [0.25, 0.3) is 0 Å². The Kier molecular flexibility index (Phi) is 3.43. The third-order valence-corrected chi connectivity index (χ3v) is 5.35. The van der Waals surface area contributed by atoms with Crippen LogP contribution in [0.5, 0.6) is 0 Å². The molecule has 1 saturated heterocycles. The number of hydrogen-bond acceptors (Lipinski definition) is 3. The van der Waals surface area contributed by atoms with Gasteiger partial charge in [-0.2, -0.15) is 11.8 Å². The first-order chi connectivity index (χ1) is 8.40. The van der Waals surface area contributed by atoms with Gasteiger partial charge in [0.15, 0.2) is 0 Å². The number of nitrogens with one attached hydrogen (secondary N) is 1. The van der Waals surface area contributed by atoms with Gasteiger partial charge in [0.2, 0.25) is 0 Å². The Balaban J connectivity index is 1.84. The van der Waals surface area contributed by atoms with Crippen molar-refractivity contribution in [3.8, 4) is 0 Å². The summed E-state index contributed by atoms with van der Waals surface area (Å²) in [4.78, 5) is 4.39. The maximum atomic E-state index is 4.39. The van der Waals surface area contributed by atoms with Gasteiger partial charge in [0, 0.05) is 23.5 Å².